The van der Waals surface area contributed by atoms with Crippen molar-refractivity contribution in [3.63, 3.8) is 0 Å². The maximum absolute atomic E-state index is 12.0. The van der Waals surface area contributed by atoms with E-state index < -0.39 is 34.5 Å². The van der Waals surface area contributed by atoms with Crippen molar-refractivity contribution in [3.05, 3.63) is 76.7 Å². The molecule has 148 valence electrons. The second kappa shape index (κ2) is 9.70. The first-order valence-electron chi connectivity index (χ1n) is 8.41. The fourth-order valence-corrected chi connectivity index (χ4v) is 2.98. The minimum Gasteiger partial charge on any atom is -0.480 e. The van der Waals surface area contributed by atoms with Crippen LogP contribution in [0.25, 0.3) is 6.08 Å². The van der Waals surface area contributed by atoms with E-state index in [4.69, 9.17) is 4.74 Å². The summed E-state index contributed by atoms with van der Waals surface area (Å²) in [5.74, 6) is -1.22. The zero-order valence-electron chi connectivity index (χ0n) is 15.2. The Morgan fingerprint density at radius 1 is 1.07 bits per heavy atom. The zero-order chi connectivity index (χ0) is 20.6. The summed E-state index contributed by atoms with van der Waals surface area (Å²) < 4.78 is 28.9. The third-order valence-electron chi connectivity index (χ3n) is 3.82. The van der Waals surface area contributed by atoms with E-state index in [-0.39, 0.29) is 11.3 Å². The number of carboxylic acid groups (broad SMARTS) is 1. The molecular formula is C20H21NO6S. The quantitative estimate of drug-likeness (QED) is 0.701. The summed E-state index contributed by atoms with van der Waals surface area (Å²) in [5.41, 5.74) is 1.37. The first-order chi connectivity index (χ1) is 13.3. The van der Waals surface area contributed by atoms with Crippen LogP contribution >= 0.6 is 0 Å². The van der Waals surface area contributed by atoms with E-state index in [1.807, 2.05) is 0 Å². The maximum Gasteiger partial charge on any atom is 0.408 e. The highest BCUT2D eigenvalue weighted by Crippen LogP contribution is 2.12. The van der Waals surface area contributed by atoms with Gasteiger partial charge in [-0.25, -0.2) is 18.0 Å². The average Bonchev–Trinajstić information content (AvgIpc) is 2.65. The van der Waals surface area contributed by atoms with Crippen molar-refractivity contribution in [1.29, 1.82) is 0 Å². The molecule has 0 bridgehead atoms. The molecular weight excluding hydrogens is 382 g/mol. The third-order valence-corrected chi connectivity index (χ3v) is 5.01. The van der Waals surface area contributed by atoms with Crippen LogP contribution in [0.5, 0.6) is 0 Å². The van der Waals surface area contributed by atoms with E-state index >= 15 is 0 Å². The fourth-order valence-electron chi connectivity index (χ4n) is 2.36. The van der Waals surface area contributed by atoms with Crippen molar-refractivity contribution in [3.8, 4) is 0 Å². The van der Waals surface area contributed by atoms with Gasteiger partial charge in [0, 0.05) is 12.7 Å². The molecule has 0 aliphatic heterocycles. The van der Waals surface area contributed by atoms with Crippen LogP contribution in [0.3, 0.4) is 0 Å². The van der Waals surface area contributed by atoms with Crippen LogP contribution < -0.4 is 5.32 Å². The van der Waals surface area contributed by atoms with Crippen molar-refractivity contribution >= 4 is 28.0 Å². The summed E-state index contributed by atoms with van der Waals surface area (Å²) in [6.45, 7) is -0.503. The number of carbonyl (C=O) groups is 2. The number of sulfone groups is 1. The SMILES string of the molecule is CS(=O)(=O)/C(=C/c1ccccc1)COC(=O)NC(Cc1ccccc1)C(=O)O. The minimum atomic E-state index is -3.61. The number of rotatable bonds is 8. The Bertz CT molecular complexity index is 939. The molecule has 1 atom stereocenters. The Morgan fingerprint density at radius 3 is 2.18 bits per heavy atom. The van der Waals surface area contributed by atoms with Gasteiger partial charge in [-0.05, 0) is 17.2 Å². The number of amides is 1. The van der Waals surface area contributed by atoms with E-state index in [9.17, 15) is 23.1 Å². The average molecular weight is 403 g/mol. The lowest BCUT2D eigenvalue weighted by Gasteiger charge is -2.15. The summed E-state index contributed by atoms with van der Waals surface area (Å²) in [5, 5.41) is 11.6. The van der Waals surface area contributed by atoms with Gasteiger partial charge in [-0.15, -0.1) is 0 Å². The van der Waals surface area contributed by atoms with Gasteiger partial charge < -0.3 is 15.2 Å². The normalized spacial score (nSPS) is 12.8. The van der Waals surface area contributed by atoms with Gasteiger partial charge >= 0.3 is 12.1 Å². The van der Waals surface area contributed by atoms with Gasteiger partial charge in [-0.1, -0.05) is 60.7 Å². The summed E-state index contributed by atoms with van der Waals surface area (Å²) in [7, 11) is -3.61. The second-order valence-electron chi connectivity index (χ2n) is 6.09. The predicted molar refractivity (Wildman–Crippen MR) is 105 cm³/mol. The molecule has 0 radical (unpaired) electrons. The lowest BCUT2D eigenvalue weighted by atomic mass is 10.1. The molecule has 0 fully saturated rings. The van der Waals surface area contributed by atoms with Gasteiger partial charge in [0.15, 0.2) is 9.84 Å². The molecule has 0 spiro atoms. The molecule has 0 saturated carbocycles. The highest BCUT2D eigenvalue weighted by molar-refractivity contribution is 7.94. The van der Waals surface area contributed by atoms with Gasteiger partial charge in [-0.2, -0.15) is 0 Å². The first-order valence-corrected chi connectivity index (χ1v) is 10.3. The molecule has 0 heterocycles. The van der Waals surface area contributed by atoms with E-state index in [0.29, 0.717) is 5.56 Å². The lowest BCUT2D eigenvalue weighted by molar-refractivity contribution is -0.139. The van der Waals surface area contributed by atoms with E-state index in [2.05, 4.69) is 5.32 Å². The van der Waals surface area contributed by atoms with Crippen molar-refractivity contribution in [2.75, 3.05) is 12.9 Å². The number of hydrogen-bond donors (Lipinski definition) is 2. The maximum atomic E-state index is 12.0. The second-order valence-corrected chi connectivity index (χ2v) is 8.16. The van der Waals surface area contributed by atoms with Gasteiger partial charge in [0.25, 0.3) is 0 Å². The Balaban J connectivity index is 2.03. The van der Waals surface area contributed by atoms with Crippen molar-refractivity contribution < 1.29 is 27.9 Å². The Labute approximate surface area is 163 Å². The van der Waals surface area contributed by atoms with Gasteiger partial charge in [-0.3, -0.25) is 0 Å². The summed E-state index contributed by atoms with van der Waals surface area (Å²) in [6, 6.07) is 16.3. The number of hydrogen-bond acceptors (Lipinski definition) is 5. The number of benzene rings is 2. The Hall–Kier alpha value is -3.13. The zero-order valence-corrected chi connectivity index (χ0v) is 16.1. The molecule has 0 aliphatic carbocycles. The molecule has 2 aromatic carbocycles. The molecule has 2 rings (SSSR count). The molecule has 8 heteroatoms. The molecule has 1 amide bonds. The monoisotopic (exact) mass is 403 g/mol. The van der Waals surface area contributed by atoms with Crippen LogP contribution in [-0.4, -0.2) is 44.5 Å². The van der Waals surface area contributed by atoms with E-state index in [0.717, 1.165) is 11.8 Å². The number of aliphatic carboxylic acids is 1. The molecule has 1 unspecified atom stereocenters. The highest BCUT2D eigenvalue weighted by Gasteiger charge is 2.22. The molecule has 7 nitrogen and oxygen atoms in total. The lowest BCUT2D eigenvalue weighted by Crippen LogP contribution is -2.42. The van der Waals surface area contributed by atoms with E-state index in [1.54, 1.807) is 60.7 Å². The summed E-state index contributed by atoms with van der Waals surface area (Å²) in [4.78, 5) is 23.3. The number of nitrogens with one attached hydrogen (secondary N) is 1. The number of carbonyl (C=O) groups excluding carboxylic acids is 1. The summed E-state index contributed by atoms with van der Waals surface area (Å²) in [6.07, 6.45) is 1.48. The Kier molecular flexibility index (Phi) is 7.34. The molecule has 28 heavy (non-hydrogen) atoms. The standard InChI is InChI=1S/C20H21NO6S/c1-28(25,26)17(12-15-8-4-2-5-9-15)14-27-20(24)21-18(19(22)23)13-16-10-6-3-7-11-16/h2-12,18H,13-14H2,1H3,(H,21,24)(H,22,23)/b17-12+. The summed E-state index contributed by atoms with van der Waals surface area (Å²) >= 11 is 0. The predicted octanol–water partition coefficient (Wildman–Crippen LogP) is 2.49. The van der Waals surface area contributed by atoms with Gasteiger partial charge in [0.2, 0.25) is 0 Å². The van der Waals surface area contributed by atoms with E-state index in [1.165, 1.54) is 6.08 Å². The van der Waals surface area contributed by atoms with Crippen LogP contribution in [-0.2, 0) is 25.8 Å². The van der Waals surface area contributed by atoms with Crippen LogP contribution in [0.2, 0.25) is 0 Å². The van der Waals surface area contributed by atoms with Crippen LogP contribution in [0.1, 0.15) is 11.1 Å². The number of ether oxygens (including phenoxy) is 1. The number of alkyl carbamates (subject to hydrolysis) is 1. The van der Waals surface area contributed by atoms with Crippen LogP contribution in [0, 0.1) is 0 Å². The highest BCUT2D eigenvalue weighted by atomic mass is 32.2. The van der Waals surface area contributed by atoms with Crippen molar-refractivity contribution in [2.24, 2.45) is 0 Å². The Morgan fingerprint density at radius 2 is 1.64 bits per heavy atom. The van der Waals surface area contributed by atoms with Crippen LogP contribution in [0.15, 0.2) is 65.6 Å². The fraction of sp³-hybridized carbons (Fsp3) is 0.200. The van der Waals surface area contributed by atoms with Crippen molar-refractivity contribution in [2.45, 2.75) is 12.5 Å². The third kappa shape index (κ3) is 6.88. The van der Waals surface area contributed by atoms with Gasteiger partial charge in [0.05, 0.1) is 4.91 Å². The largest absolute Gasteiger partial charge is 0.480 e. The molecule has 0 aromatic heterocycles. The number of carboxylic acids is 1. The first kappa shape index (κ1) is 21.2. The smallest absolute Gasteiger partial charge is 0.408 e. The molecule has 2 N–H and O–H groups in total. The van der Waals surface area contributed by atoms with Crippen LogP contribution in [0.4, 0.5) is 4.79 Å². The minimum absolute atomic E-state index is 0.0735. The topological polar surface area (TPSA) is 110 Å². The molecule has 2 aromatic rings. The molecule has 0 aliphatic rings. The van der Waals surface area contributed by atoms with Crippen molar-refractivity contribution in [1.82, 2.24) is 5.32 Å². The van der Waals surface area contributed by atoms with Gasteiger partial charge in [0.1, 0.15) is 12.6 Å². The molecule has 0 saturated heterocycles.